The van der Waals surface area contributed by atoms with Gasteiger partial charge >= 0.3 is 0 Å². The summed E-state index contributed by atoms with van der Waals surface area (Å²) in [6.45, 7) is -0.0213. The van der Waals surface area contributed by atoms with Crippen LogP contribution in [0.4, 0.5) is 15.8 Å². The lowest BCUT2D eigenvalue weighted by Gasteiger charge is -2.30. The Morgan fingerprint density at radius 2 is 2.04 bits per heavy atom. The third-order valence-electron chi connectivity index (χ3n) is 4.19. The molecule has 0 fully saturated rings. The van der Waals surface area contributed by atoms with E-state index in [1.54, 1.807) is 48.5 Å². The molecule has 3 aromatic rings. The Labute approximate surface area is 159 Å². The highest BCUT2D eigenvalue weighted by Gasteiger charge is 2.27. The van der Waals surface area contributed by atoms with Crippen molar-refractivity contribution in [3.05, 3.63) is 76.2 Å². The summed E-state index contributed by atoms with van der Waals surface area (Å²) in [5.41, 5.74) is 1.44. The summed E-state index contributed by atoms with van der Waals surface area (Å²) in [5.74, 6) is -0.360. The molecule has 0 spiro atoms. The number of fused-ring (bicyclic) bond motifs is 1. The average molecular weight is 382 g/mol. The van der Waals surface area contributed by atoms with Gasteiger partial charge in [0.15, 0.2) is 6.61 Å². The van der Waals surface area contributed by atoms with Crippen molar-refractivity contribution < 1.29 is 18.7 Å². The summed E-state index contributed by atoms with van der Waals surface area (Å²) in [6.07, 6.45) is 0. The van der Waals surface area contributed by atoms with Gasteiger partial charge in [-0.3, -0.25) is 9.59 Å². The van der Waals surface area contributed by atoms with Gasteiger partial charge in [-0.15, -0.1) is 11.3 Å². The second-order valence-corrected chi connectivity index (χ2v) is 6.92. The Bertz CT molecular complexity index is 1000. The second kappa shape index (κ2) is 7.20. The molecule has 136 valence electrons. The van der Waals surface area contributed by atoms with Gasteiger partial charge in [0, 0.05) is 11.3 Å². The molecule has 2 amide bonds. The van der Waals surface area contributed by atoms with E-state index in [-0.39, 0.29) is 30.8 Å². The quantitative estimate of drug-likeness (QED) is 0.740. The van der Waals surface area contributed by atoms with Gasteiger partial charge in [-0.25, -0.2) is 4.39 Å². The highest BCUT2D eigenvalue weighted by Crippen LogP contribution is 2.36. The zero-order valence-electron chi connectivity index (χ0n) is 14.1. The van der Waals surface area contributed by atoms with Crippen LogP contribution in [-0.2, 0) is 11.3 Å². The van der Waals surface area contributed by atoms with Gasteiger partial charge in [-0.1, -0.05) is 24.3 Å². The number of carbonyl (C=O) groups excluding carboxylic acids is 2. The summed E-state index contributed by atoms with van der Waals surface area (Å²) >= 11 is 1.34. The molecular formula is C20H15FN2O3S. The number of halogens is 1. The lowest BCUT2D eigenvalue weighted by molar-refractivity contribution is -0.121. The lowest BCUT2D eigenvalue weighted by atomic mass is 10.1. The van der Waals surface area contributed by atoms with Crippen molar-refractivity contribution in [3.63, 3.8) is 0 Å². The summed E-state index contributed by atoms with van der Waals surface area (Å²) in [5, 5.41) is 4.63. The molecule has 0 atom stereocenters. The van der Waals surface area contributed by atoms with Gasteiger partial charge in [-0.05, 0) is 35.7 Å². The number of nitrogens with one attached hydrogen (secondary N) is 1. The largest absolute Gasteiger partial charge is 0.482 e. The highest BCUT2D eigenvalue weighted by molar-refractivity contribution is 7.12. The highest BCUT2D eigenvalue weighted by atomic mass is 32.1. The zero-order chi connectivity index (χ0) is 18.8. The van der Waals surface area contributed by atoms with Crippen molar-refractivity contribution in [1.29, 1.82) is 0 Å². The van der Waals surface area contributed by atoms with Crippen LogP contribution < -0.4 is 15.0 Å². The zero-order valence-corrected chi connectivity index (χ0v) is 15.0. The average Bonchev–Trinajstić information content (AvgIpc) is 3.21. The summed E-state index contributed by atoms with van der Waals surface area (Å²) in [7, 11) is 0. The fourth-order valence-corrected chi connectivity index (χ4v) is 3.47. The molecule has 0 bridgehead atoms. The number of hydrogen-bond donors (Lipinski definition) is 1. The number of rotatable bonds is 4. The molecule has 0 saturated heterocycles. The molecule has 1 aromatic heterocycles. The minimum Gasteiger partial charge on any atom is -0.482 e. The molecule has 0 radical (unpaired) electrons. The Hall–Kier alpha value is -3.19. The predicted molar refractivity (Wildman–Crippen MR) is 102 cm³/mol. The molecule has 27 heavy (non-hydrogen) atoms. The summed E-state index contributed by atoms with van der Waals surface area (Å²) < 4.78 is 19.5. The maximum absolute atomic E-state index is 14.0. The Morgan fingerprint density at radius 1 is 1.19 bits per heavy atom. The molecule has 2 heterocycles. The molecule has 0 aliphatic carbocycles. The first-order chi connectivity index (χ1) is 13.1. The van der Waals surface area contributed by atoms with Gasteiger partial charge in [0.05, 0.1) is 17.1 Å². The van der Waals surface area contributed by atoms with Crippen molar-refractivity contribution >= 4 is 34.5 Å². The van der Waals surface area contributed by atoms with E-state index < -0.39 is 0 Å². The van der Waals surface area contributed by atoms with E-state index in [2.05, 4.69) is 5.32 Å². The second-order valence-electron chi connectivity index (χ2n) is 5.97. The standard InChI is InChI=1S/C20H15FN2O3S/c21-15-5-2-1-4-13(15)11-23-16-10-14(7-8-17(16)26-12-19(23)24)22-20(25)18-6-3-9-27-18/h1-10H,11-12H2,(H,22,25). The predicted octanol–water partition coefficient (Wildman–Crippen LogP) is 4.07. The third kappa shape index (κ3) is 3.54. The Kier molecular flexibility index (Phi) is 4.60. The molecule has 1 aliphatic rings. The van der Waals surface area contributed by atoms with Crippen molar-refractivity contribution in [2.75, 3.05) is 16.8 Å². The number of thiophene rings is 1. The number of benzene rings is 2. The molecule has 0 unspecified atom stereocenters. The normalized spacial score (nSPS) is 13.1. The fourth-order valence-electron chi connectivity index (χ4n) is 2.85. The summed E-state index contributed by atoms with van der Waals surface area (Å²) in [4.78, 5) is 26.7. The van der Waals surface area contributed by atoms with Crippen LogP contribution in [-0.4, -0.2) is 18.4 Å². The SMILES string of the molecule is O=C(Nc1ccc2c(c1)N(Cc1ccccc1F)C(=O)CO2)c1cccs1. The molecule has 1 aliphatic heterocycles. The number of hydrogen-bond acceptors (Lipinski definition) is 4. The number of carbonyl (C=O) groups is 2. The smallest absolute Gasteiger partial charge is 0.265 e. The van der Waals surface area contributed by atoms with Crippen LogP contribution in [0, 0.1) is 5.82 Å². The molecule has 0 saturated carbocycles. The molecule has 2 aromatic carbocycles. The molecule has 5 nitrogen and oxygen atoms in total. The van der Waals surface area contributed by atoms with Gasteiger partial charge in [-0.2, -0.15) is 0 Å². The van der Waals surface area contributed by atoms with Gasteiger partial charge in [0.25, 0.3) is 11.8 Å². The third-order valence-corrected chi connectivity index (χ3v) is 5.06. The van der Waals surface area contributed by atoms with E-state index in [0.29, 0.717) is 27.6 Å². The molecule has 4 rings (SSSR count). The van der Waals surface area contributed by atoms with Crippen LogP contribution in [0.5, 0.6) is 5.75 Å². The van der Waals surface area contributed by atoms with E-state index in [9.17, 15) is 14.0 Å². The van der Waals surface area contributed by atoms with Gasteiger partial charge in [0.2, 0.25) is 0 Å². The maximum Gasteiger partial charge on any atom is 0.265 e. The number of ether oxygens (including phenoxy) is 1. The van der Waals surface area contributed by atoms with Gasteiger partial charge < -0.3 is 15.0 Å². The van der Waals surface area contributed by atoms with Crippen LogP contribution in [0.1, 0.15) is 15.2 Å². The summed E-state index contributed by atoms with van der Waals surface area (Å²) in [6, 6.07) is 14.9. The van der Waals surface area contributed by atoms with Gasteiger partial charge in [0.1, 0.15) is 11.6 Å². The van der Waals surface area contributed by atoms with Crippen LogP contribution in [0.25, 0.3) is 0 Å². The first-order valence-electron chi connectivity index (χ1n) is 8.27. The number of nitrogens with zero attached hydrogens (tertiary/aromatic N) is 1. The van der Waals surface area contributed by atoms with E-state index in [1.165, 1.54) is 22.3 Å². The number of amides is 2. The van der Waals surface area contributed by atoms with Crippen molar-refractivity contribution in [3.8, 4) is 5.75 Å². The van der Waals surface area contributed by atoms with E-state index in [1.807, 2.05) is 5.38 Å². The van der Waals surface area contributed by atoms with Crippen molar-refractivity contribution in [2.45, 2.75) is 6.54 Å². The Morgan fingerprint density at radius 3 is 2.81 bits per heavy atom. The first kappa shape index (κ1) is 17.2. The minimum atomic E-state index is -0.375. The number of anilines is 2. The fraction of sp³-hybridized carbons (Fsp3) is 0.100. The Balaban J connectivity index is 1.63. The molecule has 1 N–H and O–H groups in total. The molecular weight excluding hydrogens is 367 g/mol. The van der Waals surface area contributed by atoms with E-state index in [0.717, 1.165) is 0 Å². The molecule has 7 heteroatoms. The van der Waals surface area contributed by atoms with Crippen LogP contribution >= 0.6 is 11.3 Å². The maximum atomic E-state index is 14.0. The lowest BCUT2D eigenvalue weighted by Crippen LogP contribution is -2.38. The van der Waals surface area contributed by atoms with Crippen LogP contribution in [0.3, 0.4) is 0 Å². The minimum absolute atomic E-state index is 0.0875. The van der Waals surface area contributed by atoms with Crippen LogP contribution in [0.15, 0.2) is 60.0 Å². The van der Waals surface area contributed by atoms with E-state index >= 15 is 0 Å². The van der Waals surface area contributed by atoms with Crippen LogP contribution in [0.2, 0.25) is 0 Å². The van der Waals surface area contributed by atoms with E-state index in [4.69, 9.17) is 4.74 Å². The van der Waals surface area contributed by atoms with Crippen molar-refractivity contribution in [2.24, 2.45) is 0 Å². The topological polar surface area (TPSA) is 58.6 Å². The van der Waals surface area contributed by atoms with Crippen molar-refractivity contribution in [1.82, 2.24) is 0 Å². The monoisotopic (exact) mass is 382 g/mol. The first-order valence-corrected chi connectivity index (χ1v) is 9.15.